The quantitative estimate of drug-likeness (QED) is 0.124. The monoisotopic (exact) mass is 735 g/mol. The van der Waals surface area contributed by atoms with Crippen molar-refractivity contribution in [2.24, 2.45) is 4.99 Å². The van der Waals surface area contributed by atoms with Gasteiger partial charge in [-0.05, 0) is 77.4 Å². The first-order chi connectivity index (χ1) is 27.6. The number of rotatable bonds is 5. The van der Waals surface area contributed by atoms with E-state index in [2.05, 4.69) is 205 Å². The molecule has 3 nitrogen and oxygen atoms in total. The van der Waals surface area contributed by atoms with Crippen molar-refractivity contribution >= 4 is 97.4 Å². The van der Waals surface area contributed by atoms with Gasteiger partial charge >= 0.3 is 0 Å². The van der Waals surface area contributed by atoms with E-state index in [9.17, 15) is 0 Å². The van der Waals surface area contributed by atoms with Crippen LogP contribution in [0, 0.1) is 0 Å². The van der Waals surface area contributed by atoms with Gasteiger partial charge in [-0.15, -0.1) is 11.3 Å². The fourth-order valence-electron chi connectivity index (χ4n) is 8.93. The predicted molar refractivity (Wildman–Crippen MR) is 242 cm³/mol. The van der Waals surface area contributed by atoms with Gasteiger partial charge < -0.3 is 4.57 Å². The minimum absolute atomic E-state index is 0.192. The highest BCUT2D eigenvalue weighted by atomic mass is 32.1. The molecule has 1 unspecified atom stereocenters. The number of nitrogens with zero attached hydrogens (tertiary/aromatic N) is 3. The largest absolute Gasteiger partial charge is 0.309 e. The molecular formula is C52H37N3S. The van der Waals surface area contributed by atoms with Crippen molar-refractivity contribution in [3.8, 4) is 5.69 Å². The van der Waals surface area contributed by atoms with Crippen molar-refractivity contribution in [3.05, 3.63) is 193 Å². The Balaban J connectivity index is 1.19. The fourth-order valence-corrected chi connectivity index (χ4v) is 10.1. The first-order valence-electron chi connectivity index (χ1n) is 19.3. The summed E-state index contributed by atoms with van der Waals surface area (Å²) in [4.78, 5) is 5.47. The maximum Gasteiger partial charge on any atom is 0.111 e. The van der Waals surface area contributed by atoms with Crippen molar-refractivity contribution in [1.29, 1.82) is 0 Å². The molecule has 0 saturated heterocycles. The zero-order valence-electron chi connectivity index (χ0n) is 31.1. The second kappa shape index (κ2) is 12.9. The van der Waals surface area contributed by atoms with Gasteiger partial charge in [-0.3, -0.25) is 4.57 Å². The minimum atomic E-state index is 0.192. The van der Waals surface area contributed by atoms with E-state index in [0.717, 1.165) is 22.6 Å². The Morgan fingerprint density at radius 1 is 0.536 bits per heavy atom. The Morgan fingerprint density at radius 2 is 1.12 bits per heavy atom. The molecule has 0 fully saturated rings. The lowest BCUT2D eigenvalue weighted by Crippen LogP contribution is -2.07. The summed E-state index contributed by atoms with van der Waals surface area (Å²) in [6.45, 7) is 4.40. The number of thiophene rings is 1. The lowest BCUT2D eigenvalue weighted by molar-refractivity contribution is 0.966. The maximum atomic E-state index is 5.47. The molecule has 0 saturated carbocycles. The number of hydrogen-bond acceptors (Lipinski definition) is 2. The van der Waals surface area contributed by atoms with Crippen LogP contribution in [-0.4, -0.2) is 15.0 Å². The molecule has 0 amide bonds. The molecule has 3 heterocycles. The Hall–Kier alpha value is -6.75. The van der Waals surface area contributed by atoms with Gasteiger partial charge in [0.15, 0.2) is 0 Å². The molecule has 0 radical (unpaired) electrons. The molecule has 0 N–H and O–H groups in total. The number of aromatic nitrogens is 2. The maximum absolute atomic E-state index is 5.47. The normalized spacial score (nSPS) is 13.3. The molecule has 0 aliphatic rings. The topological polar surface area (TPSA) is 22.2 Å². The summed E-state index contributed by atoms with van der Waals surface area (Å²) in [5, 5.41) is 10.2. The van der Waals surface area contributed by atoms with Gasteiger partial charge in [0.05, 0.1) is 27.8 Å². The first kappa shape index (κ1) is 32.7. The summed E-state index contributed by atoms with van der Waals surface area (Å²) in [7, 11) is 0. The Morgan fingerprint density at radius 3 is 1.88 bits per heavy atom. The Labute approximate surface area is 328 Å². The van der Waals surface area contributed by atoms with Gasteiger partial charge in [0.25, 0.3) is 0 Å². The van der Waals surface area contributed by atoms with Crippen LogP contribution in [0.3, 0.4) is 0 Å². The van der Waals surface area contributed by atoms with Gasteiger partial charge in [0.1, 0.15) is 5.84 Å². The van der Waals surface area contributed by atoms with Crippen LogP contribution in [0.15, 0.2) is 187 Å². The molecule has 11 rings (SSSR count). The summed E-state index contributed by atoms with van der Waals surface area (Å²) in [6.07, 6.45) is 2.30. The van der Waals surface area contributed by atoms with Gasteiger partial charge in [-0.1, -0.05) is 140 Å². The van der Waals surface area contributed by atoms with Crippen LogP contribution in [0.25, 0.3) is 85.9 Å². The molecule has 0 aliphatic heterocycles. The third kappa shape index (κ3) is 5.07. The van der Waals surface area contributed by atoms with Crippen molar-refractivity contribution in [3.63, 3.8) is 0 Å². The lowest BCUT2D eigenvalue weighted by Gasteiger charge is -2.12. The number of allylic oxidation sites excluding steroid dienone is 1. The van der Waals surface area contributed by atoms with Crippen LogP contribution in [0.2, 0.25) is 0 Å². The van der Waals surface area contributed by atoms with E-state index in [4.69, 9.17) is 4.99 Å². The zero-order chi connectivity index (χ0) is 37.3. The average molecular weight is 736 g/mol. The number of benzene rings is 8. The molecule has 11 aromatic rings. The van der Waals surface area contributed by atoms with Crippen molar-refractivity contribution in [1.82, 2.24) is 9.13 Å². The number of aliphatic imine (C=N–C) groups is 1. The third-order valence-electron chi connectivity index (χ3n) is 11.5. The van der Waals surface area contributed by atoms with Gasteiger partial charge in [0, 0.05) is 53.3 Å². The van der Waals surface area contributed by atoms with Crippen molar-refractivity contribution in [2.75, 3.05) is 0 Å². The summed E-state index contributed by atoms with van der Waals surface area (Å²) in [5.41, 5.74) is 9.27. The van der Waals surface area contributed by atoms with E-state index >= 15 is 0 Å². The van der Waals surface area contributed by atoms with E-state index in [0.29, 0.717) is 0 Å². The lowest BCUT2D eigenvalue weighted by atomic mass is 9.98. The van der Waals surface area contributed by atoms with Crippen LogP contribution >= 0.6 is 11.3 Å². The summed E-state index contributed by atoms with van der Waals surface area (Å²) in [6, 6.07) is 63.7. The fraction of sp³-hybridized carbons (Fsp3) is 0.0577. The smallest absolute Gasteiger partial charge is 0.111 e. The highest BCUT2D eigenvalue weighted by molar-refractivity contribution is 7.26. The molecule has 0 spiro atoms. The van der Waals surface area contributed by atoms with Crippen molar-refractivity contribution in [2.45, 2.75) is 19.8 Å². The summed E-state index contributed by atoms with van der Waals surface area (Å²) in [5.74, 6) is 1.13. The van der Waals surface area contributed by atoms with Crippen LogP contribution in [0.1, 0.15) is 30.9 Å². The standard InChI is InChI=1S/C52H37N3S/c1-33(35-15-5-3-6-16-35)31-42(37-18-7-4-8-19-37)53-34(2)54-43-23-13-11-21-40(43)49-45(54)27-29-47-51(49)52-48(56-47)30-28-46-50(52)41-22-12-14-24-44(41)55(46)39-26-25-36-17-9-10-20-38(36)32-39/h3-33H,1-2H3/b42-31-,53-34?. The van der Waals surface area contributed by atoms with E-state index in [1.54, 1.807) is 0 Å². The number of para-hydroxylation sites is 2. The average Bonchev–Trinajstić information content (AvgIpc) is 3.91. The third-order valence-corrected chi connectivity index (χ3v) is 12.6. The molecule has 266 valence electrons. The molecule has 4 heteroatoms. The highest BCUT2D eigenvalue weighted by Gasteiger charge is 2.22. The Bertz CT molecular complexity index is 3380. The van der Waals surface area contributed by atoms with E-state index in [-0.39, 0.29) is 5.92 Å². The van der Waals surface area contributed by atoms with Gasteiger partial charge in [0.2, 0.25) is 0 Å². The van der Waals surface area contributed by atoms with E-state index in [1.807, 2.05) is 11.3 Å². The van der Waals surface area contributed by atoms with E-state index < -0.39 is 0 Å². The van der Waals surface area contributed by atoms with Gasteiger partial charge in [-0.2, -0.15) is 0 Å². The predicted octanol–water partition coefficient (Wildman–Crippen LogP) is 14.5. The highest BCUT2D eigenvalue weighted by Crippen LogP contribution is 2.47. The van der Waals surface area contributed by atoms with Gasteiger partial charge in [-0.25, -0.2) is 4.99 Å². The van der Waals surface area contributed by atoms with E-state index in [1.165, 1.54) is 80.3 Å². The molecule has 0 aliphatic carbocycles. The molecule has 8 aromatic carbocycles. The van der Waals surface area contributed by atoms with Crippen LogP contribution in [0.5, 0.6) is 0 Å². The number of hydrogen-bond donors (Lipinski definition) is 0. The van der Waals surface area contributed by atoms with Crippen LogP contribution < -0.4 is 0 Å². The minimum Gasteiger partial charge on any atom is -0.309 e. The molecule has 0 bridgehead atoms. The van der Waals surface area contributed by atoms with Crippen molar-refractivity contribution < 1.29 is 0 Å². The molecule has 3 aromatic heterocycles. The SMILES string of the molecule is CC(=N/C(=C\C(C)c1ccccc1)c1ccccc1)n1c2ccccc2c2c3c(ccc21)sc1ccc2c(c4ccccc4n2-c2ccc4ccccc4c2)c13. The second-order valence-corrected chi connectivity index (χ2v) is 15.9. The molecular weight excluding hydrogens is 699 g/mol. The van der Waals surface area contributed by atoms with Crippen LogP contribution in [0.4, 0.5) is 0 Å². The Kier molecular flexibility index (Phi) is 7.55. The molecule has 1 atom stereocenters. The summed E-state index contributed by atoms with van der Waals surface area (Å²) >= 11 is 1.89. The second-order valence-electron chi connectivity index (χ2n) is 14.8. The molecule has 56 heavy (non-hydrogen) atoms. The number of fused-ring (bicyclic) bond motifs is 12. The zero-order valence-corrected chi connectivity index (χ0v) is 32.0. The summed E-state index contributed by atoms with van der Waals surface area (Å²) < 4.78 is 7.42. The first-order valence-corrected chi connectivity index (χ1v) is 20.1. The van der Waals surface area contributed by atoms with Crippen LogP contribution in [-0.2, 0) is 0 Å².